The Labute approximate surface area is 252 Å². The molecule has 0 aliphatic rings. The van der Waals surface area contributed by atoms with Gasteiger partial charge in [-0.15, -0.1) is 0 Å². The maximum atomic E-state index is 14.0. The summed E-state index contributed by atoms with van der Waals surface area (Å²) in [5.41, 5.74) is 0. The molecule has 47 heavy (non-hydrogen) atoms. The van der Waals surface area contributed by atoms with Crippen LogP contribution < -0.4 is 0 Å². The molecule has 0 unspecified atom stereocenters. The second kappa shape index (κ2) is 12.9. The van der Waals surface area contributed by atoms with Crippen LogP contribution in [0.1, 0.15) is 19.3 Å². The van der Waals surface area contributed by atoms with E-state index >= 15 is 0 Å². The van der Waals surface area contributed by atoms with E-state index < -0.39 is 121 Å². The maximum absolute atomic E-state index is 14.0. The molecule has 0 heterocycles. The van der Waals surface area contributed by atoms with Crippen molar-refractivity contribution in [2.24, 2.45) is 0 Å². The monoisotopic (exact) mass is 940 g/mol. The quantitative estimate of drug-likeness (QED) is 0.113. The molecule has 0 radical (unpaired) electrons. The number of hydrogen-bond acceptors (Lipinski definition) is 0. The molecule has 0 spiro atoms. The molecular weight excluding hydrogens is 928 g/mol. The molecule has 0 amide bonds. The van der Waals surface area contributed by atoms with Crippen LogP contribution in [0.4, 0.5) is 119 Å². The van der Waals surface area contributed by atoms with Crippen LogP contribution in [-0.4, -0.2) is 88.0 Å². The molecule has 0 rings (SSSR count). The third kappa shape index (κ3) is 8.31. The van der Waals surface area contributed by atoms with Gasteiger partial charge in [0.2, 0.25) is 0 Å². The van der Waals surface area contributed by atoms with Crippen LogP contribution in [0.3, 0.4) is 0 Å². The van der Waals surface area contributed by atoms with Crippen LogP contribution in [-0.2, 0) is 0 Å². The van der Waals surface area contributed by atoms with Gasteiger partial charge in [0.15, 0.2) is 0 Å². The van der Waals surface area contributed by atoms with Gasteiger partial charge in [-0.3, -0.25) is 0 Å². The fourth-order valence-electron chi connectivity index (χ4n) is 3.21. The number of hydrogen-bond donors (Lipinski definition) is 0. The van der Waals surface area contributed by atoms with E-state index in [1.54, 1.807) is 0 Å². The fraction of sp³-hybridized carbons (Fsp3) is 1.00. The Bertz CT molecular complexity index is 934. The summed E-state index contributed by atoms with van der Waals surface area (Å²) in [4.78, 5) is 0. The number of alkyl halides is 27. The molecule has 0 bridgehead atoms. The average molecular weight is 940 g/mol. The average Bonchev–Trinajstić information content (AvgIpc) is 2.82. The Balaban J connectivity index is 6.82. The Morgan fingerprint density at radius 1 is 0.277 bits per heavy atom. The van der Waals surface area contributed by atoms with Crippen molar-refractivity contribution in [3.8, 4) is 0 Å². The molecule has 284 valence electrons. The van der Waals surface area contributed by atoms with Crippen LogP contribution in [0.5, 0.6) is 0 Å². The van der Waals surface area contributed by atoms with E-state index in [9.17, 15) is 119 Å². The van der Waals surface area contributed by atoms with Gasteiger partial charge in [0.1, 0.15) is 0 Å². The zero-order valence-electron chi connectivity index (χ0n) is 21.3. The van der Waals surface area contributed by atoms with E-state index in [-0.39, 0.29) is 0 Å². The van der Waals surface area contributed by atoms with Gasteiger partial charge in [0, 0.05) is 0 Å². The fourth-order valence-corrected chi connectivity index (χ4v) is 15.9. The van der Waals surface area contributed by atoms with Crippen molar-refractivity contribution in [1.29, 1.82) is 0 Å². The van der Waals surface area contributed by atoms with Crippen molar-refractivity contribution < 1.29 is 119 Å². The molecule has 0 nitrogen and oxygen atoms in total. The molecule has 0 saturated heterocycles. The second-order valence-electron chi connectivity index (χ2n) is 9.70. The molecule has 0 aliphatic carbocycles. The number of rotatable bonds is 15. The summed E-state index contributed by atoms with van der Waals surface area (Å²) in [6.07, 6.45) is -32.3. The second-order valence-corrected chi connectivity index (χ2v) is 31.8. The van der Waals surface area contributed by atoms with E-state index in [2.05, 4.69) is 0 Å². The molecule has 0 N–H and O–H groups in total. The molecule has 0 aromatic heterocycles. The number of halogens is 28. The van der Waals surface area contributed by atoms with E-state index in [4.69, 9.17) is 0 Å². The van der Waals surface area contributed by atoms with Crippen LogP contribution in [0, 0.1) is 0 Å². The van der Waals surface area contributed by atoms with E-state index in [1.165, 1.54) is 0 Å². The van der Waals surface area contributed by atoms with Crippen LogP contribution in [0.2, 0.25) is 13.3 Å². The van der Waals surface area contributed by atoms with Crippen LogP contribution in [0.25, 0.3) is 0 Å². The summed E-state index contributed by atoms with van der Waals surface area (Å²) in [7, 11) is 0. The van der Waals surface area contributed by atoms with Gasteiger partial charge in [0.25, 0.3) is 0 Å². The van der Waals surface area contributed by atoms with Crippen molar-refractivity contribution in [3.63, 3.8) is 0 Å². The first kappa shape index (κ1) is 46.4. The van der Waals surface area contributed by atoms with Gasteiger partial charge in [-0.2, -0.15) is 0 Å². The minimum absolute atomic E-state index is 1.86. The zero-order chi connectivity index (χ0) is 38.7. The summed E-state index contributed by atoms with van der Waals surface area (Å²) in [5.74, 6) is -66.1. The van der Waals surface area contributed by atoms with Gasteiger partial charge in [-0.05, 0) is 0 Å². The zero-order valence-corrected chi connectivity index (χ0v) is 25.8. The van der Waals surface area contributed by atoms with Crippen molar-refractivity contribution in [3.05, 3.63) is 0 Å². The van der Waals surface area contributed by atoms with Gasteiger partial charge in [-0.1, -0.05) is 0 Å². The standard InChI is InChI=1S/3C6H4F9.BrH.Sn/c3*1-2-3(7,8)4(9,10)5(11,12)6(13,14)15;;/h3*1-2H2;1H;/q;;;;+1/p-1. The summed E-state index contributed by atoms with van der Waals surface area (Å²) in [5, 5.41) is 0. The third-order valence-corrected chi connectivity index (χ3v) is 24.1. The van der Waals surface area contributed by atoms with Crippen molar-refractivity contribution in [2.75, 3.05) is 0 Å². The predicted molar refractivity (Wildman–Crippen MR) is 106 cm³/mol. The van der Waals surface area contributed by atoms with Gasteiger partial charge < -0.3 is 0 Å². The molecule has 0 fully saturated rings. The van der Waals surface area contributed by atoms with Crippen LogP contribution >= 0.6 is 12.7 Å². The van der Waals surface area contributed by atoms with Crippen molar-refractivity contribution >= 4 is 28.9 Å². The third-order valence-electron chi connectivity index (χ3n) is 6.29. The first-order valence-electron chi connectivity index (χ1n) is 11.2. The summed E-state index contributed by atoms with van der Waals surface area (Å²) in [6.45, 7) is 0. The van der Waals surface area contributed by atoms with E-state index in [0.29, 0.717) is 0 Å². The van der Waals surface area contributed by atoms with E-state index in [0.717, 1.165) is 0 Å². The summed E-state index contributed by atoms with van der Waals surface area (Å²) < 4.78 is 347. The first-order chi connectivity index (χ1) is 19.9. The Morgan fingerprint density at radius 2 is 0.426 bits per heavy atom. The molecular formula is C18H12BrF27Sn. The minimum atomic E-state index is -7.69. The molecule has 0 saturated carbocycles. The Morgan fingerprint density at radius 3 is 0.553 bits per heavy atom. The Kier molecular flexibility index (Phi) is 12.7. The summed E-state index contributed by atoms with van der Waals surface area (Å²) >= 11 is -4.96. The normalized spacial score (nSPS) is 16.6. The molecule has 0 aliphatic heterocycles. The van der Waals surface area contributed by atoms with Gasteiger partial charge in [0.05, 0.1) is 0 Å². The first-order valence-corrected chi connectivity index (χ1v) is 23.6. The topological polar surface area (TPSA) is 0 Å². The van der Waals surface area contributed by atoms with Crippen LogP contribution in [0.15, 0.2) is 0 Å². The van der Waals surface area contributed by atoms with Crippen molar-refractivity contribution in [2.45, 2.75) is 104 Å². The molecule has 0 aromatic carbocycles. The Hall–Kier alpha value is -0.611. The SMILES string of the molecule is FC(F)(F)C(F)(F)C(F)(F)C(F)(F)C[CH2][Sn]([Br])([CH2]CC(F)(F)C(F)(F)C(F)(F)C(F)(F)F)[CH2]CC(F)(F)C(F)(F)C(F)(F)C(F)(F)F. The van der Waals surface area contributed by atoms with Crippen molar-refractivity contribution in [1.82, 2.24) is 0 Å². The van der Waals surface area contributed by atoms with Gasteiger partial charge in [-0.25, -0.2) is 0 Å². The van der Waals surface area contributed by atoms with E-state index in [1.807, 2.05) is 12.7 Å². The molecule has 0 atom stereocenters. The summed E-state index contributed by atoms with van der Waals surface area (Å²) in [6, 6.07) is 0. The molecule has 29 heteroatoms. The molecule has 0 aromatic rings. The van der Waals surface area contributed by atoms with Gasteiger partial charge >= 0.3 is 252 Å². The predicted octanol–water partition coefficient (Wildman–Crippen LogP) is 11.9.